The molecule has 2 rings (SSSR count). The van der Waals surface area contributed by atoms with E-state index in [1.165, 1.54) is 6.42 Å². The molecule has 1 fully saturated rings. The van der Waals surface area contributed by atoms with E-state index in [9.17, 15) is 4.79 Å². The van der Waals surface area contributed by atoms with Crippen molar-refractivity contribution in [3.8, 4) is 5.75 Å². The second-order valence-electron chi connectivity index (χ2n) is 5.11. The maximum absolute atomic E-state index is 12.2. The number of ether oxygens (including phenoxy) is 1. The first-order chi connectivity index (χ1) is 8.69. The fourth-order valence-electron chi connectivity index (χ4n) is 2.45. The summed E-state index contributed by atoms with van der Waals surface area (Å²) in [6.07, 6.45) is 2.87. The van der Waals surface area contributed by atoms with E-state index in [-0.39, 0.29) is 5.91 Å². The van der Waals surface area contributed by atoms with E-state index in [0.717, 1.165) is 30.8 Å². The van der Waals surface area contributed by atoms with Gasteiger partial charge in [-0.2, -0.15) is 0 Å². The van der Waals surface area contributed by atoms with Crippen LogP contribution in [0.1, 0.15) is 25.3 Å². The Hall–Kier alpha value is -1.51. The van der Waals surface area contributed by atoms with Crippen LogP contribution in [0.4, 0.5) is 0 Å². The lowest BCUT2D eigenvalue weighted by molar-refractivity contribution is -0.132. The molecule has 0 aliphatic carbocycles. The van der Waals surface area contributed by atoms with E-state index in [2.05, 4.69) is 6.92 Å². The molecule has 1 aliphatic heterocycles. The molecule has 1 aromatic rings. The fourth-order valence-corrected chi connectivity index (χ4v) is 2.45. The average Bonchev–Trinajstić information content (AvgIpc) is 2.39. The smallest absolute Gasteiger partial charge is 0.226 e. The topological polar surface area (TPSA) is 29.5 Å². The Bertz CT molecular complexity index is 399. The molecule has 1 saturated heterocycles. The summed E-state index contributed by atoms with van der Waals surface area (Å²) in [5, 5.41) is 0. The summed E-state index contributed by atoms with van der Waals surface area (Å²) in [6, 6.07) is 7.73. The molecule has 0 unspecified atom stereocenters. The summed E-state index contributed by atoms with van der Waals surface area (Å²) in [5.74, 6) is 1.71. The molecule has 98 valence electrons. The van der Waals surface area contributed by atoms with Crippen molar-refractivity contribution in [1.29, 1.82) is 0 Å². The zero-order chi connectivity index (χ0) is 13.0. The number of hydrogen-bond donors (Lipinski definition) is 0. The van der Waals surface area contributed by atoms with Gasteiger partial charge in [0, 0.05) is 13.1 Å². The van der Waals surface area contributed by atoms with Gasteiger partial charge in [-0.05, 0) is 36.5 Å². The Kier molecular flexibility index (Phi) is 4.24. The third kappa shape index (κ3) is 3.25. The molecule has 1 amide bonds. The van der Waals surface area contributed by atoms with Gasteiger partial charge in [0.05, 0.1) is 13.5 Å². The minimum absolute atomic E-state index is 0.242. The predicted octanol–water partition coefficient (Wildman–Crippen LogP) is 2.50. The van der Waals surface area contributed by atoms with Crippen LogP contribution in [-0.4, -0.2) is 31.0 Å². The zero-order valence-electron chi connectivity index (χ0n) is 11.2. The number of nitrogens with zero attached hydrogens (tertiary/aromatic N) is 1. The van der Waals surface area contributed by atoms with Gasteiger partial charge in [-0.3, -0.25) is 4.79 Å². The van der Waals surface area contributed by atoms with E-state index in [4.69, 9.17) is 4.74 Å². The lowest BCUT2D eigenvalue weighted by Gasteiger charge is -2.31. The summed E-state index contributed by atoms with van der Waals surface area (Å²) in [4.78, 5) is 14.2. The van der Waals surface area contributed by atoms with Gasteiger partial charge >= 0.3 is 0 Å². The van der Waals surface area contributed by atoms with Crippen LogP contribution >= 0.6 is 0 Å². The number of methoxy groups -OCH3 is 1. The summed E-state index contributed by atoms with van der Waals surface area (Å²) in [5.41, 5.74) is 1.05. The Labute approximate surface area is 109 Å². The Balaban J connectivity index is 1.93. The van der Waals surface area contributed by atoms with E-state index < -0.39 is 0 Å². The van der Waals surface area contributed by atoms with Gasteiger partial charge in [0.15, 0.2) is 0 Å². The third-order valence-electron chi connectivity index (χ3n) is 3.52. The predicted molar refractivity (Wildman–Crippen MR) is 71.7 cm³/mol. The third-order valence-corrected chi connectivity index (χ3v) is 3.52. The zero-order valence-corrected chi connectivity index (χ0v) is 11.2. The summed E-state index contributed by atoms with van der Waals surface area (Å²) in [6.45, 7) is 4.04. The lowest BCUT2D eigenvalue weighted by Crippen LogP contribution is -2.39. The maximum Gasteiger partial charge on any atom is 0.226 e. The van der Waals surface area contributed by atoms with Crippen molar-refractivity contribution in [2.45, 2.75) is 26.2 Å². The summed E-state index contributed by atoms with van der Waals surface area (Å²) >= 11 is 0. The van der Waals surface area contributed by atoms with Crippen LogP contribution < -0.4 is 4.74 Å². The molecule has 1 atom stereocenters. The van der Waals surface area contributed by atoms with E-state index in [1.807, 2.05) is 29.2 Å². The number of piperidine rings is 1. The number of rotatable bonds is 3. The highest BCUT2D eigenvalue weighted by molar-refractivity contribution is 5.78. The van der Waals surface area contributed by atoms with Gasteiger partial charge in [-0.15, -0.1) is 0 Å². The van der Waals surface area contributed by atoms with Crippen LogP contribution in [0, 0.1) is 5.92 Å². The van der Waals surface area contributed by atoms with Crippen LogP contribution in [0.15, 0.2) is 24.3 Å². The molecule has 18 heavy (non-hydrogen) atoms. The standard InChI is InChI=1S/C15H21NO2/c1-12-4-3-9-16(11-12)15(17)10-13-5-7-14(18-2)8-6-13/h5-8,12H,3-4,9-11H2,1-2H3/t12-/m1/s1. The van der Waals surface area contributed by atoms with Gasteiger partial charge in [-0.1, -0.05) is 19.1 Å². The molecule has 1 aliphatic rings. The first-order valence-electron chi connectivity index (χ1n) is 6.59. The van der Waals surface area contributed by atoms with Crippen molar-refractivity contribution in [1.82, 2.24) is 4.90 Å². The molecule has 0 N–H and O–H groups in total. The first-order valence-corrected chi connectivity index (χ1v) is 6.59. The Morgan fingerprint density at radius 3 is 2.72 bits per heavy atom. The number of amides is 1. The maximum atomic E-state index is 12.2. The molecule has 3 nitrogen and oxygen atoms in total. The molecular formula is C15H21NO2. The van der Waals surface area contributed by atoms with Crippen molar-refractivity contribution in [3.05, 3.63) is 29.8 Å². The molecule has 0 bridgehead atoms. The van der Waals surface area contributed by atoms with Crippen LogP contribution in [0.3, 0.4) is 0 Å². The second kappa shape index (κ2) is 5.89. The minimum atomic E-state index is 0.242. The van der Waals surface area contributed by atoms with Crippen molar-refractivity contribution < 1.29 is 9.53 Å². The van der Waals surface area contributed by atoms with Gasteiger partial charge in [0.2, 0.25) is 5.91 Å². The van der Waals surface area contributed by atoms with Crippen LogP contribution in [0.25, 0.3) is 0 Å². The highest BCUT2D eigenvalue weighted by atomic mass is 16.5. The van der Waals surface area contributed by atoms with Gasteiger partial charge in [0.25, 0.3) is 0 Å². The Morgan fingerprint density at radius 2 is 2.11 bits per heavy atom. The monoisotopic (exact) mass is 247 g/mol. The molecule has 0 aromatic heterocycles. The number of benzene rings is 1. The summed E-state index contributed by atoms with van der Waals surface area (Å²) in [7, 11) is 1.65. The SMILES string of the molecule is COc1ccc(CC(=O)N2CCC[C@@H](C)C2)cc1. The molecule has 0 saturated carbocycles. The van der Waals surface area contributed by atoms with Crippen molar-refractivity contribution in [2.24, 2.45) is 5.92 Å². The van der Waals surface area contributed by atoms with Crippen molar-refractivity contribution in [2.75, 3.05) is 20.2 Å². The van der Waals surface area contributed by atoms with Gasteiger partial charge in [-0.25, -0.2) is 0 Å². The molecule has 0 radical (unpaired) electrons. The quantitative estimate of drug-likeness (QED) is 0.821. The molecule has 1 heterocycles. The van der Waals surface area contributed by atoms with Crippen molar-refractivity contribution >= 4 is 5.91 Å². The van der Waals surface area contributed by atoms with Gasteiger partial charge in [0.1, 0.15) is 5.75 Å². The summed E-state index contributed by atoms with van der Waals surface area (Å²) < 4.78 is 5.11. The van der Waals surface area contributed by atoms with E-state index in [1.54, 1.807) is 7.11 Å². The highest BCUT2D eigenvalue weighted by Crippen LogP contribution is 2.17. The van der Waals surface area contributed by atoms with E-state index >= 15 is 0 Å². The number of carbonyl (C=O) groups is 1. The van der Waals surface area contributed by atoms with Crippen LogP contribution in [-0.2, 0) is 11.2 Å². The lowest BCUT2D eigenvalue weighted by atomic mass is 9.99. The second-order valence-corrected chi connectivity index (χ2v) is 5.11. The number of carbonyl (C=O) groups excluding carboxylic acids is 1. The normalized spacial score (nSPS) is 19.7. The Morgan fingerprint density at radius 1 is 1.39 bits per heavy atom. The van der Waals surface area contributed by atoms with Gasteiger partial charge < -0.3 is 9.64 Å². The molecule has 0 spiro atoms. The van der Waals surface area contributed by atoms with E-state index in [0.29, 0.717) is 12.3 Å². The molecular weight excluding hydrogens is 226 g/mol. The first kappa shape index (κ1) is 12.9. The number of hydrogen-bond acceptors (Lipinski definition) is 2. The minimum Gasteiger partial charge on any atom is -0.497 e. The van der Waals surface area contributed by atoms with Crippen molar-refractivity contribution in [3.63, 3.8) is 0 Å². The highest BCUT2D eigenvalue weighted by Gasteiger charge is 2.20. The van der Waals surface area contributed by atoms with Crippen LogP contribution in [0.2, 0.25) is 0 Å². The van der Waals surface area contributed by atoms with Crippen LogP contribution in [0.5, 0.6) is 5.75 Å². The number of likely N-dealkylation sites (tertiary alicyclic amines) is 1. The molecule has 1 aromatic carbocycles. The largest absolute Gasteiger partial charge is 0.497 e. The fraction of sp³-hybridized carbons (Fsp3) is 0.533. The molecule has 3 heteroatoms. The average molecular weight is 247 g/mol.